The number of nitrogens with zero attached hydrogens (tertiary/aromatic N) is 1. The van der Waals surface area contributed by atoms with E-state index in [9.17, 15) is 9.90 Å². The van der Waals surface area contributed by atoms with Crippen LogP contribution in [0.2, 0.25) is 10.0 Å². The Labute approximate surface area is 161 Å². The summed E-state index contributed by atoms with van der Waals surface area (Å²) < 4.78 is 10.5. The highest BCUT2D eigenvalue weighted by atomic mass is 35.5. The highest BCUT2D eigenvalue weighted by molar-refractivity contribution is 6.35. The van der Waals surface area contributed by atoms with E-state index >= 15 is 0 Å². The summed E-state index contributed by atoms with van der Waals surface area (Å²) in [5, 5.41) is 14.5. The fourth-order valence-electron chi connectivity index (χ4n) is 2.03. The Hall–Kier alpha value is -2.44. The molecule has 0 radical (unpaired) electrons. The minimum Gasteiger partial charge on any atom is -0.504 e. The van der Waals surface area contributed by atoms with Gasteiger partial charge in [-0.2, -0.15) is 5.10 Å². The van der Waals surface area contributed by atoms with Crippen molar-refractivity contribution >= 4 is 35.3 Å². The van der Waals surface area contributed by atoms with Crippen LogP contribution in [0, 0.1) is 0 Å². The van der Waals surface area contributed by atoms with E-state index in [1.54, 1.807) is 30.3 Å². The van der Waals surface area contributed by atoms with Gasteiger partial charge in [0.05, 0.1) is 25.0 Å². The van der Waals surface area contributed by atoms with Gasteiger partial charge in [-0.1, -0.05) is 23.2 Å². The lowest BCUT2D eigenvalue weighted by molar-refractivity contribution is -0.121. The number of hydrogen-bond acceptors (Lipinski definition) is 5. The van der Waals surface area contributed by atoms with Gasteiger partial charge < -0.3 is 14.6 Å². The van der Waals surface area contributed by atoms with Crippen LogP contribution >= 0.6 is 23.2 Å². The second-order valence-electron chi connectivity index (χ2n) is 5.25. The van der Waals surface area contributed by atoms with E-state index in [0.29, 0.717) is 40.1 Å². The lowest BCUT2D eigenvalue weighted by Gasteiger charge is -2.07. The molecule has 0 heterocycles. The van der Waals surface area contributed by atoms with Gasteiger partial charge in [0, 0.05) is 11.4 Å². The Bertz CT molecular complexity index is 797. The van der Waals surface area contributed by atoms with E-state index in [2.05, 4.69) is 10.5 Å². The predicted molar refractivity (Wildman–Crippen MR) is 102 cm³/mol. The van der Waals surface area contributed by atoms with Crippen LogP contribution in [0.1, 0.15) is 18.4 Å². The molecule has 26 heavy (non-hydrogen) atoms. The summed E-state index contributed by atoms with van der Waals surface area (Å²) in [5.41, 5.74) is 3.04. The maximum atomic E-state index is 11.7. The van der Waals surface area contributed by atoms with Crippen LogP contribution in [0.5, 0.6) is 17.2 Å². The number of benzene rings is 2. The van der Waals surface area contributed by atoms with E-state index in [4.69, 9.17) is 32.7 Å². The molecular formula is C18H18Cl2N2O4. The van der Waals surface area contributed by atoms with E-state index in [-0.39, 0.29) is 18.1 Å². The summed E-state index contributed by atoms with van der Waals surface area (Å²) in [6.45, 7) is 0.338. The maximum Gasteiger partial charge on any atom is 0.240 e. The fraction of sp³-hybridized carbons (Fsp3) is 0.222. The van der Waals surface area contributed by atoms with Crippen molar-refractivity contribution in [1.82, 2.24) is 5.43 Å². The number of hydrogen-bond donors (Lipinski definition) is 2. The first-order valence-corrected chi connectivity index (χ1v) is 8.52. The first-order chi connectivity index (χ1) is 12.5. The molecular weight excluding hydrogens is 379 g/mol. The van der Waals surface area contributed by atoms with E-state index in [0.717, 1.165) is 0 Å². The summed E-state index contributed by atoms with van der Waals surface area (Å²) >= 11 is 11.8. The summed E-state index contributed by atoms with van der Waals surface area (Å²) in [4.78, 5) is 11.7. The number of rotatable bonds is 8. The zero-order chi connectivity index (χ0) is 18.9. The number of aromatic hydroxyl groups is 1. The average Bonchev–Trinajstić information content (AvgIpc) is 2.60. The molecule has 0 aliphatic heterocycles. The summed E-state index contributed by atoms with van der Waals surface area (Å²) in [5.74, 6) is 0.645. The van der Waals surface area contributed by atoms with Crippen molar-refractivity contribution in [2.45, 2.75) is 12.8 Å². The van der Waals surface area contributed by atoms with Gasteiger partial charge in [0.1, 0.15) is 5.75 Å². The lowest BCUT2D eigenvalue weighted by atomic mass is 10.2. The summed E-state index contributed by atoms with van der Waals surface area (Å²) in [7, 11) is 1.47. The molecule has 2 rings (SSSR count). The molecule has 2 aromatic carbocycles. The first kappa shape index (κ1) is 19.9. The number of amides is 1. The number of phenolic OH excluding ortho intramolecular Hbond substituents is 1. The van der Waals surface area contributed by atoms with Gasteiger partial charge in [0.15, 0.2) is 11.5 Å². The number of methoxy groups -OCH3 is 1. The number of carbonyl (C=O) groups is 1. The van der Waals surface area contributed by atoms with Crippen LogP contribution in [0.3, 0.4) is 0 Å². The molecule has 0 aliphatic rings. The topological polar surface area (TPSA) is 80.2 Å². The molecule has 0 fully saturated rings. The third kappa shape index (κ3) is 6.13. The van der Waals surface area contributed by atoms with Crippen LogP contribution < -0.4 is 14.9 Å². The smallest absolute Gasteiger partial charge is 0.240 e. The molecule has 6 nitrogen and oxygen atoms in total. The van der Waals surface area contributed by atoms with Gasteiger partial charge in [-0.15, -0.1) is 0 Å². The fourth-order valence-corrected chi connectivity index (χ4v) is 2.49. The highest BCUT2D eigenvalue weighted by Gasteiger charge is 2.04. The standard InChI is InChI=1S/C18H18Cl2N2O4/c1-25-17-6-4-12(9-15(17)23)11-21-22-18(24)3-2-8-26-16-7-5-13(19)10-14(16)20/h4-7,9-11,23H,2-3,8H2,1H3,(H,22,24)/b21-11+. The summed E-state index contributed by atoms with van der Waals surface area (Å²) in [6.07, 6.45) is 2.18. The van der Waals surface area contributed by atoms with Gasteiger partial charge in [0.25, 0.3) is 0 Å². The molecule has 8 heteroatoms. The molecule has 0 saturated carbocycles. The highest BCUT2D eigenvalue weighted by Crippen LogP contribution is 2.27. The SMILES string of the molecule is COc1ccc(/C=N/NC(=O)CCCOc2ccc(Cl)cc2Cl)cc1O. The Morgan fingerprint density at radius 2 is 2.00 bits per heavy atom. The van der Waals surface area contributed by atoms with Gasteiger partial charge in [-0.05, 0) is 48.4 Å². The number of carbonyl (C=O) groups excluding carboxylic acids is 1. The Morgan fingerprint density at radius 3 is 2.69 bits per heavy atom. The molecule has 0 aromatic heterocycles. The van der Waals surface area contributed by atoms with Crippen molar-refractivity contribution in [3.05, 3.63) is 52.0 Å². The molecule has 2 aromatic rings. The normalized spacial score (nSPS) is 10.7. The Kier molecular flexibility index (Phi) is 7.56. The van der Waals surface area contributed by atoms with Crippen LogP contribution in [-0.4, -0.2) is 30.9 Å². The molecule has 0 saturated heterocycles. The van der Waals surface area contributed by atoms with Crippen LogP contribution in [0.4, 0.5) is 0 Å². The zero-order valence-corrected chi connectivity index (χ0v) is 15.5. The Balaban J connectivity index is 1.71. The molecule has 0 atom stereocenters. The molecule has 138 valence electrons. The Morgan fingerprint density at radius 1 is 1.23 bits per heavy atom. The number of nitrogens with one attached hydrogen (secondary N) is 1. The third-order valence-electron chi connectivity index (χ3n) is 3.31. The molecule has 2 N–H and O–H groups in total. The third-order valence-corrected chi connectivity index (χ3v) is 3.84. The van der Waals surface area contributed by atoms with Crippen molar-refractivity contribution < 1.29 is 19.4 Å². The van der Waals surface area contributed by atoms with E-state index < -0.39 is 0 Å². The zero-order valence-electron chi connectivity index (χ0n) is 14.0. The number of hydrazone groups is 1. The molecule has 0 bridgehead atoms. The second kappa shape index (κ2) is 9.89. The maximum absolute atomic E-state index is 11.7. The number of ether oxygens (including phenoxy) is 2. The minimum absolute atomic E-state index is 0.000727. The predicted octanol–water partition coefficient (Wildman–Crippen LogP) is 4.02. The minimum atomic E-state index is -0.246. The van der Waals surface area contributed by atoms with Crippen molar-refractivity contribution in [3.63, 3.8) is 0 Å². The molecule has 0 aliphatic carbocycles. The number of phenols is 1. The van der Waals surface area contributed by atoms with E-state index in [1.165, 1.54) is 19.4 Å². The van der Waals surface area contributed by atoms with Crippen molar-refractivity contribution in [3.8, 4) is 17.2 Å². The van der Waals surface area contributed by atoms with Gasteiger partial charge in [0.2, 0.25) is 5.91 Å². The van der Waals surface area contributed by atoms with Crippen molar-refractivity contribution in [2.24, 2.45) is 5.10 Å². The van der Waals surface area contributed by atoms with Crippen LogP contribution in [0.15, 0.2) is 41.5 Å². The molecule has 1 amide bonds. The average molecular weight is 397 g/mol. The lowest BCUT2D eigenvalue weighted by Crippen LogP contribution is -2.18. The second-order valence-corrected chi connectivity index (χ2v) is 6.09. The van der Waals surface area contributed by atoms with Gasteiger partial charge >= 0.3 is 0 Å². The quantitative estimate of drug-likeness (QED) is 0.401. The monoisotopic (exact) mass is 396 g/mol. The molecule has 0 spiro atoms. The van der Waals surface area contributed by atoms with Gasteiger partial charge in [-0.3, -0.25) is 4.79 Å². The van der Waals surface area contributed by atoms with Gasteiger partial charge in [-0.25, -0.2) is 5.43 Å². The first-order valence-electron chi connectivity index (χ1n) is 7.76. The number of halogens is 2. The summed E-state index contributed by atoms with van der Waals surface area (Å²) in [6, 6.07) is 9.76. The van der Waals surface area contributed by atoms with Crippen LogP contribution in [0.25, 0.3) is 0 Å². The molecule has 0 unspecified atom stereocenters. The van der Waals surface area contributed by atoms with Crippen LogP contribution in [-0.2, 0) is 4.79 Å². The van der Waals surface area contributed by atoms with E-state index in [1.807, 2.05) is 0 Å². The van der Waals surface area contributed by atoms with Crippen molar-refractivity contribution in [2.75, 3.05) is 13.7 Å². The van der Waals surface area contributed by atoms with Crippen molar-refractivity contribution in [1.29, 1.82) is 0 Å². The largest absolute Gasteiger partial charge is 0.504 e.